The number of hydrogen-bond donors (Lipinski definition) is 1. The van der Waals surface area contributed by atoms with Crippen LogP contribution in [0, 0.1) is 6.92 Å². The second-order valence-electron chi connectivity index (χ2n) is 6.39. The minimum atomic E-state index is 0.494. The molecule has 0 amide bonds. The highest BCUT2D eigenvalue weighted by atomic mass is 35.5. The number of hydrogen-bond acceptors (Lipinski definition) is 3. The lowest BCUT2D eigenvalue weighted by Gasteiger charge is -2.05. The molecule has 5 nitrogen and oxygen atoms in total. The quantitative estimate of drug-likeness (QED) is 0.530. The molecule has 0 aliphatic rings. The molecule has 2 heterocycles. The smallest absolute Gasteiger partial charge is 0.138 e. The van der Waals surface area contributed by atoms with Crippen LogP contribution in [0.5, 0.6) is 5.75 Å². The van der Waals surface area contributed by atoms with Gasteiger partial charge in [-0.3, -0.25) is 4.68 Å². The van der Waals surface area contributed by atoms with E-state index in [2.05, 4.69) is 15.1 Å². The van der Waals surface area contributed by atoms with Crippen molar-refractivity contribution < 1.29 is 4.74 Å². The third-order valence-electron chi connectivity index (χ3n) is 4.31. The van der Waals surface area contributed by atoms with Gasteiger partial charge in [0.1, 0.15) is 18.2 Å². The Kier molecular flexibility index (Phi) is 4.69. The van der Waals surface area contributed by atoms with Crippen LogP contribution in [0.25, 0.3) is 22.6 Å². The Balaban J connectivity index is 1.50. The Hall–Kier alpha value is -3.05. The fourth-order valence-electron chi connectivity index (χ4n) is 2.92. The number of aromatic nitrogens is 4. The van der Waals surface area contributed by atoms with Crippen LogP contribution in [0.15, 0.2) is 60.9 Å². The van der Waals surface area contributed by atoms with E-state index in [4.69, 9.17) is 16.3 Å². The summed E-state index contributed by atoms with van der Waals surface area (Å²) in [6.45, 7) is 2.49. The standard InChI is InChI=1S/C21H19ClN4O/c1-14-20(16-3-7-18(22)8-4-16)25-21(24-14)17-5-9-19(10-6-17)27-13-15-11-23-26(2)12-15/h3-12H,13H2,1-2H3,(H,24,25). The first-order valence-electron chi connectivity index (χ1n) is 8.62. The Labute approximate surface area is 162 Å². The fourth-order valence-corrected chi connectivity index (χ4v) is 3.04. The summed E-state index contributed by atoms with van der Waals surface area (Å²) in [6, 6.07) is 15.6. The van der Waals surface area contributed by atoms with E-state index >= 15 is 0 Å². The highest BCUT2D eigenvalue weighted by molar-refractivity contribution is 6.30. The van der Waals surface area contributed by atoms with Gasteiger partial charge in [0.2, 0.25) is 0 Å². The third kappa shape index (κ3) is 3.88. The summed E-state index contributed by atoms with van der Waals surface area (Å²) in [4.78, 5) is 8.07. The van der Waals surface area contributed by atoms with Gasteiger partial charge in [0.05, 0.1) is 17.6 Å². The van der Waals surface area contributed by atoms with Crippen molar-refractivity contribution in [2.75, 3.05) is 0 Å². The summed E-state index contributed by atoms with van der Waals surface area (Å²) in [5.41, 5.74) is 5.05. The van der Waals surface area contributed by atoms with Gasteiger partial charge in [-0.25, -0.2) is 4.98 Å². The first-order chi connectivity index (χ1) is 13.1. The highest BCUT2D eigenvalue weighted by Crippen LogP contribution is 2.27. The van der Waals surface area contributed by atoms with E-state index in [0.717, 1.165) is 44.7 Å². The van der Waals surface area contributed by atoms with Gasteiger partial charge in [0.15, 0.2) is 0 Å². The molecule has 4 aromatic rings. The SMILES string of the molecule is Cc1nc(-c2ccc(OCc3cnn(C)c3)cc2)[nH]c1-c1ccc(Cl)cc1. The van der Waals surface area contributed by atoms with E-state index in [1.165, 1.54) is 0 Å². The van der Waals surface area contributed by atoms with Crippen molar-refractivity contribution in [3.8, 4) is 28.4 Å². The van der Waals surface area contributed by atoms with Crippen LogP contribution in [-0.2, 0) is 13.7 Å². The summed E-state index contributed by atoms with van der Waals surface area (Å²) in [5.74, 6) is 1.64. The molecule has 0 atom stereocenters. The molecular weight excluding hydrogens is 360 g/mol. The van der Waals surface area contributed by atoms with Crippen LogP contribution >= 0.6 is 11.6 Å². The van der Waals surface area contributed by atoms with Crippen molar-refractivity contribution in [1.29, 1.82) is 0 Å². The second-order valence-corrected chi connectivity index (χ2v) is 6.82. The second kappa shape index (κ2) is 7.29. The van der Waals surface area contributed by atoms with Crippen LogP contribution in [0.3, 0.4) is 0 Å². The van der Waals surface area contributed by atoms with Crippen LogP contribution in [0.1, 0.15) is 11.3 Å². The average molecular weight is 379 g/mol. The normalized spacial score (nSPS) is 10.9. The molecular formula is C21H19ClN4O. The summed E-state index contributed by atoms with van der Waals surface area (Å²) >= 11 is 5.98. The van der Waals surface area contributed by atoms with Gasteiger partial charge in [-0.1, -0.05) is 23.7 Å². The van der Waals surface area contributed by atoms with Gasteiger partial charge in [-0.15, -0.1) is 0 Å². The number of imidazole rings is 1. The van der Waals surface area contributed by atoms with Crippen LogP contribution in [0.4, 0.5) is 0 Å². The van der Waals surface area contributed by atoms with E-state index in [-0.39, 0.29) is 0 Å². The monoisotopic (exact) mass is 378 g/mol. The summed E-state index contributed by atoms with van der Waals surface area (Å²) < 4.78 is 7.57. The minimum absolute atomic E-state index is 0.494. The molecule has 2 aromatic carbocycles. The first kappa shape index (κ1) is 17.4. The number of halogens is 1. The number of aromatic amines is 1. The first-order valence-corrected chi connectivity index (χ1v) is 8.99. The number of nitrogens with one attached hydrogen (secondary N) is 1. The topological polar surface area (TPSA) is 55.7 Å². The fraction of sp³-hybridized carbons (Fsp3) is 0.143. The molecule has 6 heteroatoms. The largest absolute Gasteiger partial charge is 0.489 e. The Bertz CT molecular complexity index is 1050. The lowest BCUT2D eigenvalue weighted by molar-refractivity contribution is 0.306. The van der Waals surface area contributed by atoms with Crippen LogP contribution < -0.4 is 4.74 Å². The molecule has 0 aliphatic carbocycles. The van der Waals surface area contributed by atoms with E-state index in [1.54, 1.807) is 10.9 Å². The molecule has 0 bridgehead atoms. The lowest BCUT2D eigenvalue weighted by atomic mass is 10.1. The molecule has 0 unspecified atom stereocenters. The molecule has 1 N–H and O–H groups in total. The maximum Gasteiger partial charge on any atom is 0.138 e. The van der Waals surface area contributed by atoms with Crippen molar-refractivity contribution in [3.63, 3.8) is 0 Å². The number of rotatable bonds is 5. The van der Waals surface area contributed by atoms with Crippen molar-refractivity contribution in [3.05, 3.63) is 77.2 Å². The van der Waals surface area contributed by atoms with E-state index in [1.807, 2.05) is 68.7 Å². The average Bonchev–Trinajstić information content (AvgIpc) is 3.27. The van der Waals surface area contributed by atoms with Crippen molar-refractivity contribution >= 4 is 11.6 Å². The van der Waals surface area contributed by atoms with Gasteiger partial charge in [-0.2, -0.15) is 5.10 Å². The van der Waals surface area contributed by atoms with Gasteiger partial charge in [0, 0.05) is 29.4 Å². The number of H-pyrrole nitrogens is 1. The molecule has 2 aromatic heterocycles. The molecule has 0 aliphatic heterocycles. The number of aryl methyl sites for hydroxylation is 2. The van der Waals surface area contributed by atoms with Crippen molar-refractivity contribution in [2.24, 2.45) is 7.05 Å². The summed E-state index contributed by atoms with van der Waals surface area (Å²) in [6.07, 6.45) is 3.75. The van der Waals surface area contributed by atoms with Crippen LogP contribution in [0.2, 0.25) is 5.02 Å². The summed E-state index contributed by atoms with van der Waals surface area (Å²) in [5, 5.41) is 4.86. The maximum atomic E-state index is 5.98. The molecule has 0 saturated carbocycles. The van der Waals surface area contributed by atoms with E-state index in [0.29, 0.717) is 6.61 Å². The van der Waals surface area contributed by atoms with E-state index < -0.39 is 0 Å². The van der Waals surface area contributed by atoms with Crippen molar-refractivity contribution in [1.82, 2.24) is 19.7 Å². The Morgan fingerprint density at radius 1 is 1.04 bits per heavy atom. The van der Waals surface area contributed by atoms with E-state index in [9.17, 15) is 0 Å². The molecule has 4 rings (SSSR count). The Morgan fingerprint density at radius 3 is 2.41 bits per heavy atom. The predicted octanol–water partition coefficient (Wildman–Crippen LogP) is 5.02. The van der Waals surface area contributed by atoms with Gasteiger partial charge < -0.3 is 9.72 Å². The number of benzene rings is 2. The van der Waals surface area contributed by atoms with Gasteiger partial charge in [-0.05, 0) is 48.9 Å². The highest BCUT2D eigenvalue weighted by Gasteiger charge is 2.10. The zero-order valence-electron chi connectivity index (χ0n) is 15.1. The van der Waals surface area contributed by atoms with Gasteiger partial charge >= 0.3 is 0 Å². The molecule has 0 saturated heterocycles. The van der Waals surface area contributed by atoms with Gasteiger partial charge in [0.25, 0.3) is 0 Å². The predicted molar refractivity (Wildman–Crippen MR) is 107 cm³/mol. The molecule has 27 heavy (non-hydrogen) atoms. The number of ether oxygens (including phenoxy) is 1. The molecule has 0 fully saturated rings. The molecule has 136 valence electrons. The zero-order chi connectivity index (χ0) is 18.8. The molecule has 0 spiro atoms. The summed E-state index contributed by atoms with van der Waals surface area (Å²) in [7, 11) is 1.89. The molecule has 0 radical (unpaired) electrons. The third-order valence-corrected chi connectivity index (χ3v) is 4.56. The zero-order valence-corrected chi connectivity index (χ0v) is 15.9. The van der Waals surface area contributed by atoms with Crippen LogP contribution in [-0.4, -0.2) is 19.7 Å². The maximum absolute atomic E-state index is 5.98. The van der Waals surface area contributed by atoms with Crippen molar-refractivity contribution in [2.45, 2.75) is 13.5 Å². The lowest BCUT2D eigenvalue weighted by Crippen LogP contribution is -1.94. The number of nitrogens with zero attached hydrogens (tertiary/aromatic N) is 3. The minimum Gasteiger partial charge on any atom is -0.489 e. The Morgan fingerprint density at radius 2 is 1.74 bits per heavy atom.